The number of nitrogens with zero attached hydrogens (tertiary/aromatic N) is 3. The monoisotopic (exact) mass is 411 g/mol. The summed E-state index contributed by atoms with van der Waals surface area (Å²) in [6.07, 6.45) is 2.59. The van der Waals surface area contributed by atoms with Crippen LogP contribution in [0.2, 0.25) is 5.15 Å². The number of halogens is 4. The van der Waals surface area contributed by atoms with Crippen LogP contribution in [-0.2, 0) is 17.9 Å². The van der Waals surface area contributed by atoms with E-state index < -0.39 is 35.7 Å². The number of hydrogen-bond donors (Lipinski definition) is 0. The van der Waals surface area contributed by atoms with Gasteiger partial charge in [0.1, 0.15) is 11.0 Å². The Kier molecular flexibility index (Phi) is 4.19. The van der Waals surface area contributed by atoms with Gasteiger partial charge in [0, 0.05) is 24.7 Å². The van der Waals surface area contributed by atoms with Gasteiger partial charge in [0.25, 0.3) is 5.56 Å². The van der Waals surface area contributed by atoms with Crippen molar-refractivity contribution in [2.75, 3.05) is 11.4 Å². The van der Waals surface area contributed by atoms with Crippen LogP contribution in [0.25, 0.3) is 11.1 Å². The predicted molar refractivity (Wildman–Crippen MR) is 95.1 cm³/mol. The van der Waals surface area contributed by atoms with Gasteiger partial charge in [-0.2, -0.15) is 8.78 Å². The Labute approximate surface area is 162 Å². The van der Waals surface area contributed by atoms with Crippen molar-refractivity contribution in [3.8, 4) is 29.2 Å². The van der Waals surface area contributed by atoms with Crippen molar-refractivity contribution in [1.82, 2.24) is 9.36 Å². The molecule has 0 aliphatic carbocycles. The Hall–Kier alpha value is -2.86. The first-order valence-electron chi connectivity index (χ1n) is 8.41. The zero-order valence-corrected chi connectivity index (χ0v) is 15.1. The van der Waals surface area contributed by atoms with Crippen LogP contribution < -0.4 is 15.2 Å². The van der Waals surface area contributed by atoms with Gasteiger partial charge in [-0.1, -0.05) is 17.5 Å². The number of ether oxygens (including phenoxy) is 1. The molecule has 2 aliphatic heterocycles. The Bertz CT molecular complexity index is 1100. The topological polar surface area (TPSA) is 56.5 Å². The molecular weight excluding hydrogens is 399 g/mol. The average molecular weight is 412 g/mol. The fraction of sp³-hybridized carbons (Fsp3) is 0.333. The van der Waals surface area contributed by atoms with Gasteiger partial charge in [0.05, 0.1) is 17.8 Å². The van der Waals surface area contributed by atoms with Gasteiger partial charge >= 0.3 is 12.0 Å². The van der Waals surface area contributed by atoms with Crippen LogP contribution in [0.4, 0.5) is 18.9 Å². The minimum atomic E-state index is -4.18. The van der Waals surface area contributed by atoms with Crippen molar-refractivity contribution in [2.45, 2.75) is 32.0 Å². The molecule has 1 aromatic carbocycles. The highest BCUT2D eigenvalue weighted by molar-refractivity contribution is 6.32. The second kappa shape index (κ2) is 6.34. The second-order valence-corrected chi connectivity index (χ2v) is 6.80. The molecule has 1 aromatic heterocycles. The summed E-state index contributed by atoms with van der Waals surface area (Å²) in [6, 6.07) is 1.79. The average Bonchev–Trinajstić information content (AvgIpc) is 2.90. The van der Waals surface area contributed by atoms with Crippen LogP contribution >= 0.6 is 11.6 Å². The minimum Gasteiger partial charge on any atom is -0.423 e. The highest BCUT2D eigenvalue weighted by Crippen LogP contribution is 2.43. The zero-order valence-electron chi connectivity index (χ0n) is 14.3. The lowest BCUT2D eigenvalue weighted by atomic mass is 10.1. The number of anilines is 1. The Morgan fingerprint density at radius 2 is 1.89 bits per heavy atom. The van der Waals surface area contributed by atoms with Gasteiger partial charge < -0.3 is 4.74 Å². The van der Waals surface area contributed by atoms with Gasteiger partial charge in [-0.15, -0.1) is 6.42 Å². The summed E-state index contributed by atoms with van der Waals surface area (Å²) in [6.45, 7) is 0.453. The van der Waals surface area contributed by atoms with E-state index in [4.69, 9.17) is 18.0 Å². The summed E-state index contributed by atoms with van der Waals surface area (Å²) >= 11 is 6.32. The van der Waals surface area contributed by atoms with E-state index in [1.165, 1.54) is 4.68 Å². The summed E-state index contributed by atoms with van der Waals surface area (Å²) in [5.74, 6) is -1.10. The number of rotatable bonds is 2. The molecule has 4 rings (SSSR count). The highest BCUT2D eigenvalue weighted by atomic mass is 35.5. The molecule has 2 aromatic rings. The van der Waals surface area contributed by atoms with Crippen molar-refractivity contribution < 1.29 is 22.7 Å². The van der Waals surface area contributed by atoms with Crippen molar-refractivity contribution in [3.63, 3.8) is 0 Å². The number of amides is 1. The molecular formula is C18H13ClF3N3O3. The van der Waals surface area contributed by atoms with Crippen molar-refractivity contribution >= 4 is 23.2 Å². The lowest BCUT2D eigenvalue weighted by Gasteiger charge is -2.32. The SMILES string of the molecule is C#CCN1C(=O)C(F)(F)Oc2cc(F)c(-c3c(Cl)n4n(c3=O)CCCC4)cc21. The van der Waals surface area contributed by atoms with E-state index >= 15 is 0 Å². The standard InChI is InChI=1S/C18H13ClF3N3O3/c1-2-5-23-12-8-10(11(20)9-13(12)28-18(21,22)17(23)27)14-15(19)24-6-3-4-7-25(24)16(14)26/h1,8-9H,3-7H2. The molecule has 0 N–H and O–H groups in total. The molecule has 3 heterocycles. The maximum atomic E-state index is 14.8. The zero-order chi connectivity index (χ0) is 20.2. The molecule has 0 spiro atoms. The third-order valence-corrected chi connectivity index (χ3v) is 5.14. The van der Waals surface area contributed by atoms with Gasteiger partial charge in [-0.05, 0) is 18.9 Å². The first-order valence-corrected chi connectivity index (χ1v) is 8.79. The minimum absolute atomic E-state index is 0.0421. The second-order valence-electron chi connectivity index (χ2n) is 6.44. The molecule has 0 unspecified atom stereocenters. The Balaban J connectivity index is 1.93. The molecule has 0 atom stereocenters. The third-order valence-electron chi connectivity index (χ3n) is 4.75. The smallest absolute Gasteiger partial charge is 0.423 e. The molecule has 0 fully saturated rings. The van der Waals surface area contributed by atoms with Crippen LogP contribution in [0.3, 0.4) is 0 Å². The number of alkyl halides is 2. The number of fused-ring (bicyclic) bond motifs is 2. The van der Waals surface area contributed by atoms with E-state index in [0.717, 1.165) is 18.9 Å². The Morgan fingerprint density at radius 3 is 2.54 bits per heavy atom. The van der Waals surface area contributed by atoms with Crippen molar-refractivity contribution in [2.24, 2.45) is 0 Å². The fourth-order valence-corrected chi connectivity index (χ4v) is 3.84. The largest absolute Gasteiger partial charge is 0.483 e. The summed E-state index contributed by atoms with van der Waals surface area (Å²) in [4.78, 5) is 25.4. The van der Waals surface area contributed by atoms with E-state index in [2.05, 4.69) is 10.7 Å². The molecule has 146 valence electrons. The molecule has 0 bridgehead atoms. The number of carbonyl (C=O) groups excluding carboxylic acids is 1. The quantitative estimate of drug-likeness (QED) is 0.714. The summed E-state index contributed by atoms with van der Waals surface area (Å²) in [5, 5.41) is 0.0421. The van der Waals surface area contributed by atoms with Crippen molar-refractivity contribution in [1.29, 1.82) is 0 Å². The number of terminal acetylenes is 1. The van der Waals surface area contributed by atoms with E-state index in [-0.39, 0.29) is 22.0 Å². The molecule has 6 nitrogen and oxygen atoms in total. The number of carbonyl (C=O) groups is 1. The van der Waals surface area contributed by atoms with E-state index in [1.54, 1.807) is 4.68 Å². The molecule has 1 amide bonds. The van der Waals surface area contributed by atoms with Crippen LogP contribution in [0, 0.1) is 18.2 Å². The molecule has 28 heavy (non-hydrogen) atoms. The molecule has 2 aliphatic rings. The molecule has 0 saturated carbocycles. The highest BCUT2D eigenvalue weighted by Gasteiger charge is 2.50. The van der Waals surface area contributed by atoms with Crippen molar-refractivity contribution in [3.05, 3.63) is 33.5 Å². The van der Waals surface area contributed by atoms with E-state index in [0.29, 0.717) is 24.1 Å². The van der Waals surface area contributed by atoms with Crippen LogP contribution in [0.15, 0.2) is 16.9 Å². The first kappa shape index (κ1) is 18.5. The van der Waals surface area contributed by atoms with Crippen LogP contribution in [0.1, 0.15) is 12.8 Å². The summed E-state index contributed by atoms with van der Waals surface area (Å²) < 4.78 is 49.7. The lowest BCUT2D eigenvalue weighted by molar-refractivity contribution is -0.192. The van der Waals surface area contributed by atoms with Gasteiger partial charge in [-0.3, -0.25) is 19.2 Å². The predicted octanol–water partition coefficient (Wildman–Crippen LogP) is 2.85. The Morgan fingerprint density at radius 1 is 1.21 bits per heavy atom. The summed E-state index contributed by atoms with van der Waals surface area (Å²) in [7, 11) is 0. The third kappa shape index (κ3) is 2.59. The normalized spacial score (nSPS) is 17.5. The van der Waals surface area contributed by atoms with Crippen LogP contribution in [0.5, 0.6) is 5.75 Å². The summed E-state index contributed by atoms with van der Waals surface area (Å²) in [5.41, 5.74) is -0.976. The van der Waals surface area contributed by atoms with Crippen LogP contribution in [-0.4, -0.2) is 27.9 Å². The fourth-order valence-electron chi connectivity index (χ4n) is 3.48. The maximum absolute atomic E-state index is 14.8. The van der Waals surface area contributed by atoms with E-state index in [9.17, 15) is 22.8 Å². The van der Waals surface area contributed by atoms with Gasteiger partial charge in [0.15, 0.2) is 5.75 Å². The molecule has 10 heteroatoms. The maximum Gasteiger partial charge on any atom is 0.483 e. The number of benzene rings is 1. The van der Waals surface area contributed by atoms with Gasteiger partial charge in [-0.25, -0.2) is 9.07 Å². The molecule has 0 radical (unpaired) electrons. The number of hydrogen-bond acceptors (Lipinski definition) is 3. The first-order chi connectivity index (χ1) is 13.3. The van der Waals surface area contributed by atoms with Gasteiger partial charge in [0.2, 0.25) is 0 Å². The molecule has 0 saturated heterocycles. The lowest BCUT2D eigenvalue weighted by Crippen LogP contribution is -2.51. The number of aromatic nitrogens is 2. The van der Waals surface area contributed by atoms with E-state index in [1.807, 2.05) is 0 Å².